The summed E-state index contributed by atoms with van der Waals surface area (Å²) < 4.78 is 0. The SMILES string of the molecule is C=C(C)/C=C\C(=N)c1cccnc1. The second-order valence-electron chi connectivity index (χ2n) is 2.84. The molecular formula is C11H12N2. The van der Waals surface area contributed by atoms with Crippen LogP contribution in [-0.4, -0.2) is 10.7 Å². The number of allylic oxidation sites excluding steroid dienone is 3. The molecule has 0 fully saturated rings. The lowest BCUT2D eigenvalue weighted by Gasteiger charge is -1.95. The van der Waals surface area contributed by atoms with E-state index in [0.717, 1.165) is 11.1 Å². The molecule has 0 aliphatic rings. The molecule has 13 heavy (non-hydrogen) atoms. The van der Waals surface area contributed by atoms with Crippen molar-refractivity contribution in [3.05, 3.63) is 54.4 Å². The predicted octanol–water partition coefficient (Wildman–Crippen LogP) is 2.58. The molecule has 1 rings (SSSR count). The summed E-state index contributed by atoms with van der Waals surface area (Å²) in [6.07, 6.45) is 6.90. The Hall–Kier alpha value is -1.70. The Balaban J connectivity index is 2.76. The number of hydrogen-bond acceptors (Lipinski definition) is 2. The number of aromatic nitrogens is 1. The van der Waals surface area contributed by atoms with Gasteiger partial charge < -0.3 is 5.41 Å². The van der Waals surface area contributed by atoms with Crippen molar-refractivity contribution in [1.82, 2.24) is 4.98 Å². The molecule has 0 saturated carbocycles. The molecule has 1 heterocycles. The molecule has 1 aromatic rings. The Morgan fingerprint density at radius 2 is 2.31 bits per heavy atom. The normalized spacial score (nSPS) is 10.2. The summed E-state index contributed by atoms with van der Waals surface area (Å²) >= 11 is 0. The van der Waals surface area contributed by atoms with E-state index in [1.54, 1.807) is 18.5 Å². The summed E-state index contributed by atoms with van der Waals surface area (Å²) in [5.74, 6) is 0. The van der Waals surface area contributed by atoms with Crippen LogP contribution in [0, 0.1) is 5.41 Å². The average molecular weight is 172 g/mol. The number of rotatable bonds is 3. The molecule has 66 valence electrons. The fraction of sp³-hybridized carbons (Fsp3) is 0.0909. The third kappa shape index (κ3) is 3.03. The van der Waals surface area contributed by atoms with E-state index in [1.807, 2.05) is 25.1 Å². The summed E-state index contributed by atoms with van der Waals surface area (Å²) in [4.78, 5) is 3.94. The van der Waals surface area contributed by atoms with Gasteiger partial charge in [-0.05, 0) is 25.1 Å². The van der Waals surface area contributed by atoms with Gasteiger partial charge in [-0.25, -0.2) is 0 Å². The van der Waals surface area contributed by atoms with Crippen molar-refractivity contribution in [2.75, 3.05) is 0 Å². The number of hydrogen-bond donors (Lipinski definition) is 1. The largest absolute Gasteiger partial charge is 0.300 e. The molecule has 0 aliphatic carbocycles. The van der Waals surface area contributed by atoms with E-state index in [0.29, 0.717) is 5.71 Å². The highest BCUT2D eigenvalue weighted by Crippen LogP contribution is 1.99. The monoisotopic (exact) mass is 172 g/mol. The zero-order chi connectivity index (χ0) is 9.68. The molecule has 0 aliphatic heterocycles. The van der Waals surface area contributed by atoms with Crippen LogP contribution in [-0.2, 0) is 0 Å². The molecule has 1 aromatic heterocycles. The fourth-order valence-electron chi connectivity index (χ4n) is 0.844. The first-order valence-electron chi connectivity index (χ1n) is 4.02. The second kappa shape index (κ2) is 4.36. The Labute approximate surface area is 78.1 Å². The van der Waals surface area contributed by atoms with E-state index >= 15 is 0 Å². The van der Waals surface area contributed by atoms with Crippen LogP contribution in [0.15, 0.2) is 48.8 Å². The lowest BCUT2D eigenvalue weighted by molar-refractivity contribution is 1.31. The number of pyridine rings is 1. The highest BCUT2D eigenvalue weighted by Gasteiger charge is 1.94. The Bertz CT molecular complexity index is 336. The van der Waals surface area contributed by atoms with Crippen molar-refractivity contribution in [3.8, 4) is 0 Å². The van der Waals surface area contributed by atoms with Gasteiger partial charge in [0.2, 0.25) is 0 Å². The number of nitrogens with one attached hydrogen (secondary N) is 1. The second-order valence-corrected chi connectivity index (χ2v) is 2.84. The molecule has 0 saturated heterocycles. The van der Waals surface area contributed by atoms with Gasteiger partial charge in [0, 0.05) is 18.0 Å². The summed E-state index contributed by atoms with van der Waals surface area (Å²) in [7, 11) is 0. The minimum atomic E-state index is 0.455. The van der Waals surface area contributed by atoms with E-state index < -0.39 is 0 Å². The standard InChI is InChI=1S/C11H12N2/c1-9(2)5-6-11(12)10-4-3-7-13-8-10/h3-8,12H,1H2,2H3/b6-5-,12-11?. The van der Waals surface area contributed by atoms with Crippen molar-refractivity contribution in [2.24, 2.45) is 0 Å². The van der Waals surface area contributed by atoms with Gasteiger partial charge in [0.1, 0.15) is 0 Å². The number of nitrogens with zero attached hydrogens (tertiary/aromatic N) is 1. The van der Waals surface area contributed by atoms with Crippen molar-refractivity contribution >= 4 is 5.71 Å². The van der Waals surface area contributed by atoms with Crippen LogP contribution in [0.3, 0.4) is 0 Å². The van der Waals surface area contributed by atoms with Gasteiger partial charge in [-0.3, -0.25) is 4.98 Å². The van der Waals surface area contributed by atoms with Crippen LogP contribution in [0.2, 0.25) is 0 Å². The van der Waals surface area contributed by atoms with Crippen molar-refractivity contribution in [3.63, 3.8) is 0 Å². The van der Waals surface area contributed by atoms with Gasteiger partial charge in [-0.15, -0.1) is 0 Å². The summed E-state index contributed by atoms with van der Waals surface area (Å²) in [5.41, 5.74) is 2.21. The van der Waals surface area contributed by atoms with Crippen LogP contribution >= 0.6 is 0 Å². The van der Waals surface area contributed by atoms with Gasteiger partial charge in [-0.1, -0.05) is 18.2 Å². The molecule has 0 unspecified atom stereocenters. The van der Waals surface area contributed by atoms with Gasteiger partial charge in [-0.2, -0.15) is 0 Å². The van der Waals surface area contributed by atoms with Crippen molar-refractivity contribution in [1.29, 1.82) is 5.41 Å². The zero-order valence-electron chi connectivity index (χ0n) is 7.62. The van der Waals surface area contributed by atoms with E-state index in [2.05, 4.69) is 11.6 Å². The minimum Gasteiger partial charge on any atom is -0.300 e. The van der Waals surface area contributed by atoms with E-state index in [4.69, 9.17) is 5.41 Å². The van der Waals surface area contributed by atoms with Gasteiger partial charge >= 0.3 is 0 Å². The summed E-state index contributed by atoms with van der Waals surface area (Å²) in [6, 6.07) is 3.68. The third-order valence-electron chi connectivity index (χ3n) is 1.51. The maximum absolute atomic E-state index is 7.66. The first-order valence-corrected chi connectivity index (χ1v) is 4.02. The van der Waals surface area contributed by atoms with Gasteiger partial charge in [0.25, 0.3) is 0 Å². The van der Waals surface area contributed by atoms with Crippen LogP contribution < -0.4 is 0 Å². The lowest BCUT2D eigenvalue weighted by Crippen LogP contribution is -1.94. The Kier molecular flexibility index (Phi) is 3.15. The van der Waals surface area contributed by atoms with E-state index in [1.165, 1.54) is 0 Å². The zero-order valence-corrected chi connectivity index (χ0v) is 7.62. The topological polar surface area (TPSA) is 36.7 Å². The highest BCUT2D eigenvalue weighted by atomic mass is 14.6. The quantitative estimate of drug-likeness (QED) is 0.552. The summed E-state index contributed by atoms with van der Waals surface area (Å²) in [6.45, 7) is 5.62. The Morgan fingerprint density at radius 3 is 2.85 bits per heavy atom. The third-order valence-corrected chi connectivity index (χ3v) is 1.51. The average Bonchev–Trinajstić information content (AvgIpc) is 2.15. The van der Waals surface area contributed by atoms with Gasteiger partial charge in [0.15, 0.2) is 0 Å². The summed E-state index contributed by atoms with van der Waals surface area (Å²) in [5, 5.41) is 7.66. The van der Waals surface area contributed by atoms with Crippen LogP contribution in [0.4, 0.5) is 0 Å². The van der Waals surface area contributed by atoms with Gasteiger partial charge in [0.05, 0.1) is 5.71 Å². The molecule has 0 atom stereocenters. The molecule has 1 N–H and O–H groups in total. The van der Waals surface area contributed by atoms with Crippen molar-refractivity contribution < 1.29 is 0 Å². The molecule has 2 nitrogen and oxygen atoms in total. The molecule has 0 bridgehead atoms. The molecule has 0 radical (unpaired) electrons. The van der Waals surface area contributed by atoms with Crippen molar-refractivity contribution in [2.45, 2.75) is 6.92 Å². The lowest BCUT2D eigenvalue weighted by atomic mass is 10.1. The molecule has 0 aromatic carbocycles. The van der Waals surface area contributed by atoms with Crippen LogP contribution in [0.1, 0.15) is 12.5 Å². The molecule has 0 amide bonds. The van der Waals surface area contributed by atoms with E-state index in [-0.39, 0.29) is 0 Å². The van der Waals surface area contributed by atoms with Crippen LogP contribution in [0.25, 0.3) is 0 Å². The van der Waals surface area contributed by atoms with E-state index in [9.17, 15) is 0 Å². The highest BCUT2D eigenvalue weighted by molar-refractivity contribution is 6.06. The maximum Gasteiger partial charge on any atom is 0.0627 e. The predicted molar refractivity (Wildman–Crippen MR) is 55.0 cm³/mol. The fourth-order valence-corrected chi connectivity index (χ4v) is 0.844. The molecular weight excluding hydrogens is 160 g/mol. The van der Waals surface area contributed by atoms with Crippen LogP contribution in [0.5, 0.6) is 0 Å². The molecule has 0 spiro atoms. The molecule has 2 heteroatoms. The first kappa shape index (κ1) is 9.39. The Morgan fingerprint density at radius 1 is 1.54 bits per heavy atom. The smallest absolute Gasteiger partial charge is 0.0627 e. The first-order chi connectivity index (χ1) is 6.20. The maximum atomic E-state index is 7.66. The minimum absolute atomic E-state index is 0.455.